The van der Waals surface area contributed by atoms with Crippen LogP contribution >= 0.6 is 0 Å². The third-order valence-electron chi connectivity index (χ3n) is 4.48. The van der Waals surface area contributed by atoms with Crippen LogP contribution in [0.5, 0.6) is 5.75 Å². The predicted molar refractivity (Wildman–Crippen MR) is 98.1 cm³/mol. The number of benzene rings is 1. The summed E-state index contributed by atoms with van der Waals surface area (Å²) >= 11 is 0. The van der Waals surface area contributed by atoms with Crippen LogP contribution in [0.15, 0.2) is 53.7 Å². The molecular weight excluding hydrogens is 330 g/mol. The standard InChI is InChI=1S/C19H19N5O2/c1-13-16(9-20-23(13)3)17-11-22(2)19(25)24-10-14(21-18(17)24)12-26-15-7-5-4-6-8-15/h4-11H,12H2,1-3H3. The highest BCUT2D eigenvalue weighted by molar-refractivity contribution is 5.78. The first kappa shape index (κ1) is 16.1. The second-order valence-electron chi connectivity index (χ2n) is 6.23. The molecule has 1 aromatic carbocycles. The lowest BCUT2D eigenvalue weighted by atomic mass is 10.1. The van der Waals surface area contributed by atoms with Crippen LogP contribution in [0.25, 0.3) is 16.8 Å². The lowest BCUT2D eigenvalue weighted by molar-refractivity contribution is 0.302. The highest BCUT2D eigenvalue weighted by Crippen LogP contribution is 2.26. The van der Waals surface area contributed by atoms with Crippen molar-refractivity contribution < 1.29 is 4.74 Å². The molecule has 0 unspecified atom stereocenters. The van der Waals surface area contributed by atoms with Crippen LogP contribution in [-0.2, 0) is 20.7 Å². The van der Waals surface area contributed by atoms with Crippen molar-refractivity contribution in [1.82, 2.24) is 23.7 Å². The highest BCUT2D eigenvalue weighted by Gasteiger charge is 2.16. The quantitative estimate of drug-likeness (QED) is 0.567. The first-order chi connectivity index (χ1) is 12.5. The smallest absolute Gasteiger partial charge is 0.333 e. The molecule has 3 heterocycles. The maximum absolute atomic E-state index is 12.5. The minimum Gasteiger partial charge on any atom is -0.487 e. The van der Waals surface area contributed by atoms with Gasteiger partial charge in [0.1, 0.15) is 12.4 Å². The fraction of sp³-hybridized carbons (Fsp3) is 0.211. The monoisotopic (exact) mass is 349 g/mol. The van der Waals surface area contributed by atoms with Gasteiger partial charge in [-0.05, 0) is 19.1 Å². The molecule has 0 saturated heterocycles. The van der Waals surface area contributed by atoms with Crippen molar-refractivity contribution in [3.63, 3.8) is 0 Å². The fourth-order valence-electron chi connectivity index (χ4n) is 2.94. The number of nitrogens with zero attached hydrogens (tertiary/aromatic N) is 5. The topological polar surface area (TPSA) is 66.3 Å². The van der Waals surface area contributed by atoms with E-state index in [-0.39, 0.29) is 5.69 Å². The maximum Gasteiger partial charge on any atom is 0.333 e. The molecule has 0 aliphatic heterocycles. The molecule has 7 heteroatoms. The molecule has 0 aliphatic rings. The van der Waals surface area contributed by atoms with E-state index in [9.17, 15) is 4.79 Å². The summed E-state index contributed by atoms with van der Waals surface area (Å²) < 4.78 is 10.7. The highest BCUT2D eigenvalue weighted by atomic mass is 16.5. The number of ether oxygens (including phenoxy) is 1. The van der Waals surface area contributed by atoms with Crippen molar-refractivity contribution >= 4 is 5.65 Å². The second-order valence-corrected chi connectivity index (χ2v) is 6.23. The summed E-state index contributed by atoms with van der Waals surface area (Å²) in [6.07, 6.45) is 5.33. The van der Waals surface area contributed by atoms with Gasteiger partial charge in [-0.2, -0.15) is 5.10 Å². The van der Waals surface area contributed by atoms with Gasteiger partial charge in [0.15, 0.2) is 5.65 Å². The molecule has 0 spiro atoms. The zero-order valence-corrected chi connectivity index (χ0v) is 14.9. The number of aryl methyl sites for hydroxylation is 2. The molecule has 0 radical (unpaired) electrons. The Labute approximate surface area is 150 Å². The molecule has 0 saturated carbocycles. The Bertz CT molecular complexity index is 1140. The molecule has 0 bridgehead atoms. The van der Waals surface area contributed by atoms with Gasteiger partial charge in [-0.25, -0.2) is 9.78 Å². The van der Waals surface area contributed by atoms with E-state index in [1.165, 1.54) is 0 Å². The second kappa shape index (κ2) is 6.18. The van der Waals surface area contributed by atoms with Crippen LogP contribution in [0.1, 0.15) is 11.4 Å². The van der Waals surface area contributed by atoms with Crippen molar-refractivity contribution in [3.8, 4) is 16.9 Å². The van der Waals surface area contributed by atoms with Gasteiger partial charge >= 0.3 is 5.69 Å². The van der Waals surface area contributed by atoms with Crippen LogP contribution in [0.3, 0.4) is 0 Å². The number of aromatic nitrogens is 5. The average Bonchev–Trinajstić information content (AvgIpc) is 3.22. The number of rotatable bonds is 4. The first-order valence-electron chi connectivity index (χ1n) is 8.29. The molecule has 4 aromatic rings. The van der Waals surface area contributed by atoms with Gasteiger partial charge in [-0.3, -0.25) is 9.08 Å². The van der Waals surface area contributed by atoms with Crippen LogP contribution in [0.4, 0.5) is 0 Å². The summed E-state index contributed by atoms with van der Waals surface area (Å²) in [5, 5.41) is 4.30. The predicted octanol–water partition coefficient (Wildman–Crippen LogP) is 2.32. The number of fused-ring (bicyclic) bond motifs is 1. The molecule has 7 nitrogen and oxygen atoms in total. The normalized spacial score (nSPS) is 11.2. The minimum absolute atomic E-state index is 0.149. The molecule has 3 aromatic heterocycles. The SMILES string of the molecule is Cc1c(-c2cn(C)c(=O)n3cc(COc4ccccc4)nc23)cnn1C. The van der Waals surface area contributed by atoms with Gasteiger partial charge < -0.3 is 9.30 Å². The Morgan fingerprint density at radius 3 is 2.54 bits per heavy atom. The fourth-order valence-corrected chi connectivity index (χ4v) is 2.94. The van der Waals surface area contributed by atoms with Crippen LogP contribution in [0.2, 0.25) is 0 Å². The summed E-state index contributed by atoms with van der Waals surface area (Å²) in [7, 11) is 3.62. The zero-order chi connectivity index (χ0) is 18.3. The largest absolute Gasteiger partial charge is 0.487 e. The Balaban J connectivity index is 1.79. The van der Waals surface area contributed by atoms with E-state index < -0.39 is 0 Å². The Kier molecular flexibility index (Phi) is 3.84. The van der Waals surface area contributed by atoms with E-state index in [4.69, 9.17) is 4.74 Å². The number of hydrogen-bond donors (Lipinski definition) is 0. The molecule has 0 amide bonds. The number of hydrogen-bond acceptors (Lipinski definition) is 4. The van der Waals surface area contributed by atoms with Gasteiger partial charge in [-0.1, -0.05) is 18.2 Å². The molecule has 0 N–H and O–H groups in total. The Hall–Kier alpha value is -3.35. The van der Waals surface area contributed by atoms with E-state index in [0.29, 0.717) is 17.9 Å². The molecule has 0 aliphatic carbocycles. The minimum atomic E-state index is -0.149. The number of para-hydroxylation sites is 1. The summed E-state index contributed by atoms with van der Waals surface area (Å²) in [6.45, 7) is 2.28. The van der Waals surface area contributed by atoms with Crippen molar-refractivity contribution in [1.29, 1.82) is 0 Å². The molecule has 26 heavy (non-hydrogen) atoms. The van der Waals surface area contributed by atoms with E-state index in [1.807, 2.05) is 44.3 Å². The van der Waals surface area contributed by atoms with E-state index in [2.05, 4.69) is 10.1 Å². The van der Waals surface area contributed by atoms with E-state index in [1.54, 1.807) is 39.3 Å². The van der Waals surface area contributed by atoms with Gasteiger partial charge in [0.05, 0.1) is 11.9 Å². The van der Waals surface area contributed by atoms with Crippen molar-refractivity contribution in [3.05, 3.63) is 70.8 Å². The third-order valence-corrected chi connectivity index (χ3v) is 4.48. The lowest BCUT2D eigenvalue weighted by Gasteiger charge is -2.06. The van der Waals surface area contributed by atoms with Crippen molar-refractivity contribution in [2.24, 2.45) is 14.1 Å². The zero-order valence-electron chi connectivity index (χ0n) is 14.9. The van der Waals surface area contributed by atoms with Crippen LogP contribution in [-0.4, -0.2) is 23.7 Å². The molecule has 0 fully saturated rings. The van der Waals surface area contributed by atoms with Gasteiger partial charge in [0, 0.05) is 43.3 Å². The summed E-state index contributed by atoms with van der Waals surface area (Å²) in [5.41, 5.74) is 3.98. The molecular formula is C19H19N5O2. The van der Waals surface area contributed by atoms with Crippen molar-refractivity contribution in [2.75, 3.05) is 0 Å². The molecule has 4 rings (SSSR count). The van der Waals surface area contributed by atoms with Gasteiger partial charge in [-0.15, -0.1) is 0 Å². The summed E-state index contributed by atoms with van der Waals surface area (Å²) in [5.74, 6) is 0.765. The Morgan fingerprint density at radius 1 is 1.08 bits per heavy atom. The third kappa shape index (κ3) is 2.67. The first-order valence-corrected chi connectivity index (χ1v) is 8.29. The lowest BCUT2D eigenvalue weighted by Crippen LogP contribution is -2.23. The Morgan fingerprint density at radius 2 is 1.85 bits per heavy atom. The van der Waals surface area contributed by atoms with Gasteiger partial charge in [0.2, 0.25) is 0 Å². The van der Waals surface area contributed by atoms with Crippen molar-refractivity contribution in [2.45, 2.75) is 13.5 Å². The summed E-state index contributed by atoms with van der Waals surface area (Å²) in [6, 6.07) is 9.54. The molecule has 132 valence electrons. The van der Waals surface area contributed by atoms with Crippen LogP contribution in [0, 0.1) is 6.92 Å². The molecule has 0 atom stereocenters. The van der Waals surface area contributed by atoms with Gasteiger partial charge in [0.25, 0.3) is 0 Å². The van der Waals surface area contributed by atoms with Crippen LogP contribution < -0.4 is 10.4 Å². The average molecular weight is 349 g/mol. The maximum atomic E-state index is 12.5. The summed E-state index contributed by atoms with van der Waals surface area (Å²) in [4.78, 5) is 17.2. The van der Waals surface area contributed by atoms with E-state index >= 15 is 0 Å². The van der Waals surface area contributed by atoms with E-state index in [0.717, 1.165) is 22.6 Å². The number of imidazole rings is 1.